The van der Waals surface area contributed by atoms with Gasteiger partial charge in [-0.1, -0.05) is 42.8 Å². The molecule has 0 saturated carbocycles. The van der Waals surface area contributed by atoms with Gasteiger partial charge < -0.3 is 10.1 Å². The minimum Gasteiger partial charge on any atom is -0.494 e. The van der Waals surface area contributed by atoms with Crippen LogP contribution >= 0.6 is 0 Å². The summed E-state index contributed by atoms with van der Waals surface area (Å²) < 4.78 is 5.71. The van der Waals surface area contributed by atoms with Crippen LogP contribution in [0, 0.1) is 6.92 Å². The molecule has 0 aliphatic heterocycles. The lowest BCUT2D eigenvalue weighted by atomic mass is 9.89. The number of hydrogen-bond donors (Lipinski definition) is 1. The Morgan fingerprint density at radius 1 is 1.07 bits per heavy atom. The van der Waals surface area contributed by atoms with Crippen molar-refractivity contribution in [2.45, 2.75) is 64.8 Å². The third-order valence-electron chi connectivity index (χ3n) is 5.36. The third-order valence-corrected chi connectivity index (χ3v) is 5.36. The maximum atomic E-state index is 12.4. The van der Waals surface area contributed by atoms with Crippen molar-refractivity contribution in [1.82, 2.24) is 5.32 Å². The molecule has 0 aromatic heterocycles. The molecule has 0 spiro atoms. The van der Waals surface area contributed by atoms with Gasteiger partial charge in [0.2, 0.25) is 5.91 Å². The Balaban J connectivity index is 1.46. The molecule has 1 atom stereocenters. The summed E-state index contributed by atoms with van der Waals surface area (Å²) in [7, 11) is 0. The van der Waals surface area contributed by atoms with Crippen LogP contribution in [0.2, 0.25) is 0 Å². The summed E-state index contributed by atoms with van der Waals surface area (Å²) in [6, 6.07) is 14.9. The van der Waals surface area contributed by atoms with Crippen molar-refractivity contribution in [2.24, 2.45) is 0 Å². The molecule has 1 aliphatic rings. The number of amides is 1. The van der Waals surface area contributed by atoms with E-state index < -0.39 is 0 Å². The Morgan fingerprint density at radius 2 is 1.81 bits per heavy atom. The molecular weight excluding hydrogens is 334 g/mol. The lowest BCUT2D eigenvalue weighted by Crippen LogP contribution is -2.28. The van der Waals surface area contributed by atoms with Gasteiger partial charge in [-0.15, -0.1) is 0 Å². The molecule has 0 bridgehead atoms. The largest absolute Gasteiger partial charge is 0.494 e. The molecule has 1 unspecified atom stereocenters. The molecule has 3 rings (SSSR count). The second kappa shape index (κ2) is 9.59. The fourth-order valence-corrected chi connectivity index (χ4v) is 3.71. The maximum absolute atomic E-state index is 12.4. The number of benzene rings is 2. The zero-order valence-corrected chi connectivity index (χ0v) is 16.6. The number of ether oxygens (including phenoxy) is 1. The third kappa shape index (κ3) is 5.59. The van der Waals surface area contributed by atoms with Crippen molar-refractivity contribution in [3.05, 3.63) is 64.7 Å². The van der Waals surface area contributed by atoms with Crippen LogP contribution in [-0.4, -0.2) is 12.5 Å². The Morgan fingerprint density at radius 3 is 2.56 bits per heavy atom. The molecule has 27 heavy (non-hydrogen) atoms. The molecule has 2 aromatic rings. The van der Waals surface area contributed by atoms with Crippen molar-refractivity contribution in [1.29, 1.82) is 0 Å². The lowest BCUT2D eigenvalue weighted by molar-refractivity contribution is -0.122. The van der Waals surface area contributed by atoms with Gasteiger partial charge in [0.05, 0.1) is 12.6 Å². The Hall–Kier alpha value is -2.29. The van der Waals surface area contributed by atoms with E-state index in [4.69, 9.17) is 4.74 Å². The van der Waals surface area contributed by atoms with Crippen LogP contribution in [0.1, 0.15) is 67.3 Å². The number of carbonyl (C=O) groups is 1. The Kier molecular flexibility index (Phi) is 6.92. The fourth-order valence-electron chi connectivity index (χ4n) is 3.71. The number of hydrogen-bond acceptors (Lipinski definition) is 2. The topological polar surface area (TPSA) is 38.3 Å². The van der Waals surface area contributed by atoms with Gasteiger partial charge in [0.25, 0.3) is 0 Å². The molecule has 3 heteroatoms. The Labute approximate surface area is 163 Å². The first kappa shape index (κ1) is 19.5. The lowest BCUT2D eigenvalue weighted by Gasteiger charge is -2.21. The van der Waals surface area contributed by atoms with Crippen molar-refractivity contribution in [3.63, 3.8) is 0 Å². The molecule has 144 valence electrons. The van der Waals surface area contributed by atoms with E-state index in [1.165, 1.54) is 47.9 Å². The molecule has 1 amide bonds. The van der Waals surface area contributed by atoms with Crippen molar-refractivity contribution >= 4 is 5.91 Å². The summed E-state index contributed by atoms with van der Waals surface area (Å²) in [4.78, 5) is 12.4. The van der Waals surface area contributed by atoms with Crippen LogP contribution in [-0.2, 0) is 17.6 Å². The quantitative estimate of drug-likeness (QED) is 0.645. The van der Waals surface area contributed by atoms with E-state index in [0.717, 1.165) is 18.6 Å². The van der Waals surface area contributed by atoms with Gasteiger partial charge in [0.1, 0.15) is 5.75 Å². The predicted molar refractivity (Wildman–Crippen MR) is 110 cm³/mol. The van der Waals surface area contributed by atoms with Crippen LogP contribution in [0.5, 0.6) is 5.75 Å². The highest BCUT2D eigenvalue weighted by molar-refractivity contribution is 5.76. The molecule has 3 nitrogen and oxygen atoms in total. The summed E-state index contributed by atoms with van der Waals surface area (Å²) in [5.41, 5.74) is 5.41. The first-order valence-corrected chi connectivity index (χ1v) is 10.3. The zero-order chi connectivity index (χ0) is 19.1. The average molecular weight is 366 g/mol. The van der Waals surface area contributed by atoms with Crippen LogP contribution in [0.25, 0.3) is 0 Å². The number of carbonyl (C=O) groups excluding carboxylic acids is 1. The highest BCUT2D eigenvalue weighted by Crippen LogP contribution is 2.26. The molecule has 2 aromatic carbocycles. The van der Waals surface area contributed by atoms with Crippen LogP contribution < -0.4 is 10.1 Å². The van der Waals surface area contributed by atoms with Gasteiger partial charge in [0.15, 0.2) is 0 Å². The molecule has 1 aliphatic carbocycles. The normalized spacial score (nSPS) is 14.3. The SMILES string of the molecule is CCC(NC(=O)CCCOc1ccc(C)cc1)c1ccc2c(c1)CCCC2. The van der Waals surface area contributed by atoms with E-state index in [9.17, 15) is 4.79 Å². The zero-order valence-electron chi connectivity index (χ0n) is 16.6. The fraction of sp³-hybridized carbons (Fsp3) is 0.458. The van der Waals surface area contributed by atoms with Crippen molar-refractivity contribution in [2.75, 3.05) is 6.61 Å². The number of rotatable bonds is 8. The molecule has 1 N–H and O–H groups in total. The van der Waals surface area contributed by atoms with Crippen LogP contribution in [0.4, 0.5) is 0 Å². The smallest absolute Gasteiger partial charge is 0.220 e. The van der Waals surface area contributed by atoms with Gasteiger partial charge in [-0.3, -0.25) is 4.79 Å². The number of nitrogens with one attached hydrogen (secondary N) is 1. The highest BCUT2D eigenvalue weighted by Gasteiger charge is 2.16. The molecule has 0 radical (unpaired) electrons. The molecular formula is C24H31NO2. The van der Waals surface area contributed by atoms with Crippen molar-refractivity contribution in [3.8, 4) is 5.75 Å². The molecule has 0 fully saturated rings. The van der Waals surface area contributed by atoms with E-state index in [1.807, 2.05) is 24.3 Å². The van der Waals surface area contributed by atoms with E-state index in [2.05, 4.69) is 37.4 Å². The summed E-state index contributed by atoms with van der Waals surface area (Å²) in [5, 5.41) is 3.20. The maximum Gasteiger partial charge on any atom is 0.220 e. The van der Waals surface area contributed by atoms with Gasteiger partial charge in [-0.2, -0.15) is 0 Å². The summed E-state index contributed by atoms with van der Waals surface area (Å²) in [5.74, 6) is 0.966. The van der Waals surface area contributed by atoms with Crippen molar-refractivity contribution < 1.29 is 9.53 Å². The number of fused-ring (bicyclic) bond motifs is 1. The molecule has 0 heterocycles. The Bertz CT molecular complexity index is 751. The molecule has 0 saturated heterocycles. The van der Waals surface area contributed by atoms with E-state index in [0.29, 0.717) is 13.0 Å². The highest BCUT2D eigenvalue weighted by atomic mass is 16.5. The van der Waals surface area contributed by atoms with Gasteiger partial charge in [0, 0.05) is 6.42 Å². The first-order valence-electron chi connectivity index (χ1n) is 10.3. The van der Waals surface area contributed by atoms with Crippen LogP contribution in [0.15, 0.2) is 42.5 Å². The van der Waals surface area contributed by atoms with Crippen LogP contribution in [0.3, 0.4) is 0 Å². The van der Waals surface area contributed by atoms with Gasteiger partial charge >= 0.3 is 0 Å². The standard InChI is InChI=1S/C24H31NO2/c1-3-23(21-13-12-19-7-4-5-8-20(19)17-21)25-24(26)9-6-16-27-22-14-10-18(2)11-15-22/h10-15,17,23H,3-9,16H2,1-2H3,(H,25,26). The van der Waals surface area contributed by atoms with E-state index in [1.54, 1.807) is 0 Å². The monoisotopic (exact) mass is 365 g/mol. The predicted octanol–water partition coefficient (Wildman–Crippen LogP) is 5.30. The summed E-state index contributed by atoms with van der Waals surface area (Å²) in [6.45, 7) is 4.75. The van der Waals surface area contributed by atoms with E-state index >= 15 is 0 Å². The number of aryl methyl sites for hydroxylation is 3. The van der Waals surface area contributed by atoms with Gasteiger partial charge in [-0.05, 0) is 74.3 Å². The minimum atomic E-state index is 0.0998. The van der Waals surface area contributed by atoms with Gasteiger partial charge in [-0.25, -0.2) is 0 Å². The second-order valence-electron chi connectivity index (χ2n) is 7.53. The summed E-state index contributed by atoms with van der Waals surface area (Å²) in [6.07, 6.45) is 7.06. The minimum absolute atomic E-state index is 0.0998. The van der Waals surface area contributed by atoms with E-state index in [-0.39, 0.29) is 11.9 Å². The average Bonchev–Trinajstić information content (AvgIpc) is 2.70. The summed E-state index contributed by atoms with van der Waals surface area (Å²) >= 11 is 0. The second-order valence-corrected chi connectivity index (χ2v) is 7.53. The first-order chi connectivity index (χ1) is 13.2.